The minimum Gasteiger partial charge on any atom is -0.496 e. The molecular formula is C13H19NO2S. The number of methoxy groups -OCH3 is 2. The van der Waals surface area contributed by atoms with Gasteiger partial charge in [0.05, 0.1) is 14.2 Å². The van der Waals surface area contributed by atoms with E-state index in [1.165, 1.54) is 0 Å². The molecule has 3 nitrogen and oxygen atoms in total. The van der Waals surface area contributed by atoms with Crippen molar-refractivity contribution in [1.29, 1.82) is 0 Å². The van der Waals surface area contributed by atoms with Crippen LogP contribution < -0.4 is 15.2 Å². The van der Waals surface area contributed by atoms with Crippen LogP contribution in [0.15, 0.2) is 12.1 Å². The molecule has 94 valence electrons. The summed E-state index contributed by atoms with van der Waals surface area (Å²) in [6, 6.07) is 3.86. The molecule has 0 unspecified atom stereocenters. The third kappa shape index (κ3) is 3.17. The van der Waals surface area contributed by atoms with Gasteiger partial charge in [-0.1, -0.05) is 12.2 Å². The first kappa shape index (κ1) is 13.9. The largest absolute Gasteiger partial charge is 0.496 e. The van der Waals surface area contributed by atoms with E-state index >= 15 is 0 Å². The summed E-state index contributed by atoms with van der Waals surface area (Å²) in [7, 11) is 3.28. The third-order valence-corrected chi connectivity index (χ3v) is 2.77. The van der Waals surface area contributed by atoms with Crippen molar-refractivity contribution in [3.8, 4) is 11.5 Å². The number of hydrogen-bond acceptors (Lipinski definition) is 4. The lowest BCUT2D eigenvalue weighted by Crippen LogP contribution is -2.29. The Kier molecular flexibility index (Phi) is 4.48. The van der Waals surface area contributed by atoms with Crippen molar-refractivity contribution < 1.29 is 9.47 Å². The number of thiocarbonyl (C=S) groups is 1. The number of rotatable bonds is 5. The Labute approximate surface area is 108 Å². The van der Waals surface area contributed by atoms with Crippen LogP contribution in [0.3, 0.4) is 0 Å². The van der Waals surface area contributed by atoms with Crippen molar-refractivity contribution in [2.45, 2.75) is 25.8 Å². The normalized spacial score (nSPS) is 11.1. The standard InChI is InChI=1S/C13H19NO2S/c1-13(2,14)10-8-11(15-3)9(5-6-17)7-12(10)16-4/h6-8H,5,14H2,1-4H3. The Morgan fingerprint density at radius 2 is 1.82 bits per heavy atom. The highest BCUT2D eigenvalue weighted by Crippen LogP contribution is 2.34. The van der Waals surface area contributed by atoms with Crippen LogP contribution in [0.2, 0.25) is 0 Å². The van der Waals surface area contributed by atoms with Crippen molar-refractivity contribution in [2.24, 2.45) is 5.73 Å². The highest BCUT2D eigenvalue weighted by molar-refractivity contribution is 7.78. The van der Waals surface area contributed by atoms with Gasteiger partial charge < -0.3 is 15.2 Å². The molecule has 0 spiro atoms. The van der Waals surface area contributed by atoms with Crippen LogP contribution in [-0.2, 0) is 12.0 Å². The number of ether oxygens (including phenoxy) is 2. The van der Waals surface area contributed by atoms with E-state index in [1.54, 1.807) is 19.6 Å². The average molecular weight is 253 g/mol. The topological polar surface area (TPSA) is 44.5 Å². The molecule has 0 bridgehead atoms. The molecule has 17 heavy (non-hydrogen) atoms. The van der Waals surface area contributed by atoms with E-state index in [2.05, 4.69) is 0 Å². The molecule has 0 fully saturated rings. The predicted molar refractivity (Wildman–Crippen MR) is 74.1 cm³/mol. The fourth-order valence-electron chi connectivity index (χ4n) is 1.71. The summed E-state index contributed by atoms with van der Waals surface area (Å²) in [5, 5.41) is 1.67. The smallest absolute Gasteiger partial charge is 0.124 e. The molecule has 1 aromatic rings. The summed E-state index contributed by atoms with van der Waals surface area (Å²) < 4.78 is 10.7. The number of nitrogens with two attached hydrogens (primary N) is 1. The zero-order valence-electron chi connectivity index (χ0n) is 10.7. The van der Waals surface area contributed by atoms with Crippen molar-refractivity contribution in [1.82, 2.24) is 0 Å². The summed E-state index contributed by atoms with van der Waals surface area (Å²) in [4.78, 5) is 0. The monoisotopic (exact) mass is 253 g/mol. The Hall–Kier alpha value is -1.13. The van der Waals surface area contributed by atoms with Gasteiger partial charge in [0.2, 0.25) is 0 Å². The molecule has 0 radical (unpaired) electrons. The summed E-state index contributed by atoms with van der Waals surface area (Å²) in [6.07, 6.45) is 0.667. The first-order valence-electron chi connectivity index (χ1n) is 5.42. The number of hydrogen-bond donors (Lipinski definition) is 1. The minimum atomic E-state index is -0.477. The fourth-order valence-corrected chi connectivity index (χ4v) is 1.89. The zero-order valence-corrected chi connectivity index (χ0v) is 11.6. The second-order valence-corrected chi connectivity index (χ2v) is 4.79. The number of benzene rings is 1. The second-order valence-electron chi connectivity index (χ2n) is 4.46. The summed E-state index contributed by atoms with van der Waals surface area (Å²) in [5.74, 6) is 1.56. The molecule has 0 atom stereocenters. The maximum absolute atomic E-state index is 6.12. The lowest BCUT2D eigenvalue weighted by Gasteiger charge is -2.24. The molecular weight excluding hydrogens is 234 g/mol. The molecule has 1 aromatic carbocycles. The van der Waals surface area contributed by atoms with Gasteiger partial charge in [-0.2, -0.15) is 0 Å². The van der Waals surface area contributed by atoms with E-state index in [4.69, 9.17) is 27.4 Å². The van der Waals surface area contributed by atoms with E-state index in [0.717, 1.165) is 22.6 Å². The SMILES string of the molecule is COc1cc(C(C)(C)N)c(OC)cc1CC=S. The molecule has 0 aliphatic carbocycles. The van der Waals surface area contributed by atoms with Gasteiger partial charge in [0.15, 0.2) is 0 Å². The Bertz CT molecular complexity index is 411. The molecule has 0 saturated heterocycles. The van der Waals surface area contributed by atoms with Crippen LogP contribution in [0, 0.1) is 0 Å². The highest BCUT2D eigenvalue weighted by Gasteiger charge is 2.21. The van der Waals surface area contributed by atoms with Crippen molar-refractivity contribution >= 4 is 17.6 Å². The maximum atomic E-state index is 6.12. The molecule has 0 heterocycles. The van der Waals surface area contributed by atoms with Gasteiger partial charge >= 0.3 is 0 Å². The van der Waals surface area contributed by atoms with Crippen LogP contribution >= 0.6 is 12.2 Å². The molecule has 4 heteroatoms. The summed E-state index contributed by atoms with van der Waals surface area (Å²) in [6.45, 7) is 3.87. The quantitative estimate of drug-likeness (QED) is 0.819. The summed E-state index contributed by atoms with van der Waals surface area (Å²) in [5.41, 5.74) is 7.57. The lowest BCUT2D eigenvalue weighted by atomic mass is 9.92. The van der Waals surface area contributed by atoms with Gasteiger partial charge in [0, 0.05) is 23.1 Å². The van der Waals surface area contributed by atoms with Crippen LogP contribution in [0.1, 0.15) is 25.0 Å². The third-order valence-electron chi connectivity index (χ3n) is 2.60. The van der Waals surface area contributed by atoms with E-state index in [0.29, 0.717) is 6.42 Å². The van der Waals surface area contributed by atoms with Crippen LogP contribution in [0.5, 0.6) is 11.5 Å². The first-order chi connectivity index (χ1) is 7.93. The molecule has 0 saturated carbocycles. The van der Waals surface area contributed by atoms with Crippen LogP contribution in [-0.4, -0.2) is 19.6 Å². The fraction of sp³-hybridized carbons (Fsp3) is 0.462. The maximum Gasteiger partial charge on any atom is 0.124 e. The van der Waals surface area contributed by atoms with Crippen molar-refractivity contribution in [3.63, 3.8) is 0 Å². The molecule has 1 rings (SSSR count). The van der Waals surface area contributed by atoms with Gasteiger partial charge in [0.1, 0.15) is 11.5 Å². The average Bonchev–Trinajstić information content (AvgIpc) is 2.27. The Morgan fingerprint density at radius 3 is 2.24 bits per heavy atom. The molecule has 2 N–H and O–H groups in total. The van der Waals surface area contributed by atoms with Gasteiger partial charge in [-0.25, -0.2) is 0 Å². The van der Waals surface area contributed by atoms with E-state index in [-0.39, 0.29) is 0 Å². The molecule has 0 aromatic heterocycles. The van der Waals surface area contributed by atoms with Gasteiger partial charge in [-0.3, -0.25) is 0 Å². The predicted octanol–water partition coefficient (Wildman–Crippen LogP) is 2.44. The van der Waals surface area contributed by atoms with Crippen LogP contribution in [0.4, 0.5) is 0 Å². The highest BCUT2D eigenvalue weighted by atomic mass is 32.1. The van der Waals surface area contributed by atoms with E-state index in [9.17, 15) is 0 Å². The molecule has 0 aliphatic rings. The van der Waals surface area contributed by atoms with Crippen molar-refractivity contribution in [2.75, 3.05) is 14.2 Å². The van der Waals surface area contributed by atoms with Gasteiger partial charge in [0.25, 0.3) is 0 Å². The van der Waals surface area contributed by atoms with Crippen molar-refractivity contribution in [3.05, 3.63) is 23.3 Å². The minimum absolute atomic E-state index is 0.477. The zero-order chi connectivity index (χ0) is 13.1. The van der Waals surface area contributed by atoms with Gasteiger partial charge in [-0.05, 0) is 31.3 Å². The second kappa shape index (κ2) is 5.47. The first-order valence-corrected chi connectivity index (χ1v) is 5.89. The summed E-state index contributed by atoms with van der Waals surface area (Å²) >= 11 is 4.88. The van der Waals surface area contributed by atoms with E-state index in [1.807, 2.05) is 26.0 Å². The van der Waals surface area contributed by atoms with Gasteiger partial charge in [-0.15, -0.1) is 0 Å². The van der Waals surface area contributed by atoms with E-state index < -0.39 is 5.54 Å². The van der Waals surface area contributed by atoms with Crippen LogP contribution in [0.25, 0.3) is 0 Å². The molecule has 0 amide bonds. The Balaban J connectivity index is 3.37. The lowest BCUT2D eigenvalue weighted by molar-refractivity contribution is 0.383. The Morgan fingerprint density at radius 1 is 1.24 bits per heavy atom. The molecule has 0 aliphatic heterocycles.